The molecule has 2 amide bonds. The lowest BCUT2D eigenvalue weighted by atomic mass is 9.96. The minimum Gasteiger partial charge on any atom is -0.472 e. The zero-order valence-corrected chi connectivity index (χ0v) is 13.6. The van der Waals surface area contributed by atoms with Crippen molar-refractivity contribution < 1.29 is 14.0 Å². The lowest BCUT2D eigenvalue weighted by molar-refractivity contribution is -0.126. The van der Waals surface area contributed by atoms with E-state index in [0.29, 0.717) is 31.5 Å². The van der Waals surface area contributed by atoms with E-state index in [1.165, 1.54) is 12.5 Å². The molecule has 2 heterocycles. The van der Waals surface area contributed by atoms with Crippen LogP contribution in [0.2, 0.25) is 0 Å². The summed E-state index contributed by atoms with van der Waals surface area (Å²) in [7, 11) is 1.82. The fraction of sp³-hybridized carbons (Fsp3) is 0.333. The van der Waals surface area contributed by atoms with Crippen LogP contribution >= 0.6 is 0 Å². The maximum atomic E-state index is 12.4. The zero-order valence-electron chi connectivity index (χ0n) is 13.6. The Morgan fingerprint density at radius 1 is 1.17 bits per heavy atom. The van der Waals surface area contributed by atoms with E-state index in [0.717, 1.165) is 5.69 Å². The standard InChI is InChI=1S/C18H21N3O3/c1-20(16-5-3-2-4-6-16)19-17(22)14-7-10-21(11-8-14)18(23)15-9-12-24-13-15/h2-6,9,12-14H,7-8,10-11H2,1H3,(H,19,22). The van der Waals surface area contributed by atoms with E-state index in [4.69, 9.17) is 4.42 Å². The van der Waals surface area contributed by atoms with Gasteiger partial charge in [-0.25, -0.2) is 0 Å². The molecule has 6 heteroatoms. The first-order chi connectivity index (χ1) is 11.6. The van der Waals surface area contributed by atoms with Crippen LogP contribution < -0.4 is 10.4 Å². The molecule has 0 saturated carbocycles. The molecule has 24 heavy (non-hydrogen) atoms. The number of nitrogens with zero attached hydrogens (tertiary/aromatic N) is 2. The van der Waals surface area contributed by atoms with E-state index in [-0.39, 0.29) is 17.7 Å². The quantitative estimate of drug-likeness (QED) is 0.875. The lowest BCUT2D eigenvalue weighted by Crippen LogP contribution is -2.47. The summed E-state index contributed by atoms with van der Waals surface area (Å²) >= 11 is 0. The van der Waals surface area contributed by atoms with Crippen LogP contribution in [0.15, 0.2) is 53.3 Å². The van der Waals surface area contributed by atoms with E-state index in [1.807, 2.05) is 37.4 Å². The minimum atomic E-state index is -0.0791. The van der Waals surface area contributed by atoms with Crippen LogP contribution in [0.1, 0.15) is 23.2 Å². The number of nitrogens with one attached hydrogen (secondary N) is 1. The summed E-state index contributed by atoms with van der Waals surface area (Å²) in [5, 5.41) is 1.73. The molecule has 0 aliphatic carbocycles. The highest BCUT2D eigenvalue weighted by molar-refractivity contribution is 5.94. The Kier molecular flexibility index (Phi) is 4.84. The Bertz CT molecular complexity index is 677. The molecular formula is C18H21N3O3. The van der Waals surface area contributed by atoms with Gasteiger partial charge >= 0.3 is 0 Å². The molecule has 1 aromatic carbocycles. The molecule has 0 bridgehead atoms. The number of hydrogen-bond donors (Lipinski definition) is 1. The predicted molar refractivity (Wildman–Crippen MR) is 90.3 cm³/mol. The Balaban J connectivity index is 1.51. The molecule has 1 aromatic heterocycles. The van der Waals surface area contributed by atoms with Crippen molar-refractivity contribution in [3.63, 3.8) is 0 Å². The zero-order chi connectivity index (χ0) is 16.9. The molecule has 0 unspecified atom stereocenters. The number of piperidine rings is 1. The summed E-state index contributed by atoms with van der Waals surface area (Å²) < 4.78 is 4.95. The SMILES string of the molecule is CN(NC(=O)C1CCN(C(=O)c2ccoc2)CC1)c1ccccc1. The molecule has 0 radical (unpaired) electrons. The van der Waals surface area contributed by atoms with Gasteiger partial charge in [0.1, 0.15) is 6.26 Å². The summed E-state index contributed by atoms with van der Waals surface area (Å²) in [6.45, 7) is 1.16. The smallest absolute Gasteiger partial charge is 0.257 e. The van der Waals surface area contributed by atoms with Crippen molar-refractivity contribution in [3.8, 4) is 0 Å². The van der Waals surface area contributed by atoms with Gasteiger partial charge in [0.15, 0.2) is 0 Å². The van der Waals surface area contributed by atoms with Crippen molar-refractivity contribution in [2.24, 2.45) is 5.92 Å². The number of amides is 2. The summed E-state index contributed by atoms with van der Waals surface area (Å²) in [5.74, 6) is -0.120. The van der Waals surface area contributed by atoms with Gasteiger partial charge in [0.05, 0.1) is 17.5 Å². The van der Waals surface area contributed by atoms with Crippen molar-refractivity contribution in [1.29, 1.82) is 0 Å². The van der Waals surface area contributed by atoms with E-state index in [9.17, 15) is 9.59 Å². The first kappa shape index (κ1) is 16.1. The number of anilines is 1. The van der Waals surface area contributed by atoms with Gasteiger partial charge in [-0.15, -0.1) is 0 Å². The van der Waals surface area contributed by atoms with Gasteiger partial charge in [-0.2, -0.15) is 0 Å². The summed E-state index contributed by atoms with van der Waals surface area (Å²) in [4.78, 5) is 26.4. The van der Waals surface area contributed by atoms with Crippen LogP contribution in [0.5, 0.6) is 0 Å². The second kappa shape index (κ2) is 7.21. The van der Waals surface area contributed by atoms with Crippen molar-refractivity contribution in [1.82, 2.24) is 10.3 Å². The maximum absolute atomic E-state index is 12.4. The van der Waals surface area contributed by atoms with E-state index >= 15 is 0 Å². The van der Waals surface area contributed by atoms with Gasteiger partial charge in [-0.05, 0) is 31.0 Å². The molecule has 3 rings (SSSR count). The van der Waals surface area contributed by atoms with E-state index in [1.54, 1.807) is 16.0 Å². The van der Waals surface area contributed by atoms with Crippen molar-refractivity contribution in [2.45, 2.75) is 12.8 Å². The Morgan fingerprint density at radius 3 is 2.50 bits per heavy atom. The minimum absolute atomic E-state index is 0.00300. The number of carbonyl (C=O) groups is 2. The summed E-state index contributed by atoms with van der Waals surface area (Å²) in [5.41, 5.74) is 4.40. The van der Waals surface area contributed by atoms with Crippen LogP contribution in [0.4, 0.5) is 5.69 Å². The van der Waals surface area contributed by atoms with Crippen LogP contribution in [0, 0.1) is 5.92 Å². The van der Waals surface area contributed by atoms with Crippen LogP contribution in [-0.4, -0.2) is 36.9 Å². The first-order valence-corrected chi connectivity index (χ1v) is 8.06. The van der Waals surface area contributed by atoms with Crippen molar-refractivity contribution in [2.75, 3.05) is 25.1 Å². The fourth-order valence-corrected chi connectivity index (χ4v) is 2.89. The van der Waals surface area contributed by atoms with Gasteiger partial charge < -0.3 is 9.32 Å². The highest BCUT2D eigenvalue weighted by Crippen LogP contribution is 2.20. The van der Waals surface area contributed by atoms with Gasteiger partial charge in [0, 0.05) is 26.1 Å². The molecule has 6 nitrogen and oxygen atoms in total. The topological polar surface area (TPSA) is 65.8 Å². The molecule has 0 atom stereocenters. The van der Waals surface area contributed by atoms with Gasteiger partial charge in [-0.1, -0.05) is 18.2 Å². The Hall–Kier alpha value is -2.76. The maximum Gasteiger partial charge on any atom is 0.257 e. The summed E-state index contributed by atoms with van der Waals surface area (Å²) in [6, 6.07) is 11.3. The third-order valence-electron chi connectivity index (χ3n) is 4.34. The second-order valence-electron chi connectivity index (χ2n) is 5.95. The highest BCUT2D eigenvalue weighted by atomic mass is 16.3. The number of furan rings is 1. The number of hydrogen-bond acceptors (Lipinski definition) is 4. The fourth-order valence-electron chi connectivity index (χ4n) is 2.89. The normalized spacial score (nSPS) is 15.1. The Morgan fingerprint density at radius 2 is 1.88 bits per heavy atom. The average molecular weight is 327 g/mol. The monoisotopic (exact) mass is 327 g/mol. The van der Waals surface area contributed by atoms with E-state index in [2.05, 4.69) is 5.43 Å². The second-order valence-corrected chi connectivity index (χ2v) is 5.95. The molecule has 1 aliphatic rings. The van der Waals surface area contributed by atoms with Gasteiger partial charge in [0.25, 0.3) is 5.91 Å². The third-order valence-corrected chi connectivity index (χ3v) is 4.34. The largest absolute Gasteiger partial charge is 0.472 e. The predicted octanol–water partition coefficient (Wildman–Crippen LogP) is 2.30. The van der Waals surface area contributed by atoms with Gasteiger partial charge in [-0.3, -0.25) is 20.0 Å². The third kappa shape index (κ3) is 3.59. The number of likely N-dealkylation sites (tertiary alicyclic amines) is 1. The van der Waals surface area contributed by atoms with Gasteiger partial charge in [0.2, 0.25) is 5.91 Å². The number of carbonyl (C=O) groups excluding carboxylic acids is 2. The molecule has 1 fully saturated rings. The van der Waals surface area contributed by atoms with Crippen LogP contribution in [0.3, 0.4) is 0 Å². The Labute approximate surface area is 141 Å². The lowest BCUT2D eigenvalue weighted by Gasteiger charge is -2.32. The average Bonchev–Trinajstić information content (AvgIpc) is 3.16. The number of hydrazine groups is 1. The summed E-state index contributed by atoms with van der Waals surface area (Å²) in [6.07, 6.45) is 4.28. The van der Waals surface area contributed by atoms with Crippen molar-refractivity contribution >= 4 is 17.5 Å². The number of benzene rings is 1. The molecule has 2 aromatic rings. The van der Waals surface area contributed by atoms with Crippen LogP contribution in [0.25, 0.3) is 0 Å². The molecule has 1 N–H and O–H groups in total. The van der Waals surface area contributed by atoms with Crippen LogP contribution in [-0.2, 0) is 4.79 Å². The number of rotatable bonds is 4. The van der Waals surface area contributed by atoms with E-state index < -0.39 is 0 Å². The number of para-hydroxylation sites is 1. The first-order valence-electron chi connectivity index (χ1n) is 8.06. The molecule has 1 aliphatic heterocycles. The molecule has 1 saturated heterocycles. The molecular weight excluding hydrogens is 306 g/mol. The highest BCUT2D eigenvalue weighted by Gasteiger charge is 2.28. The molecule has 0 spiro atoms. The molecule has 126 valence electrons. The van der Waals surface area contributed by atoms with Crippen molar-refractivity contribution in [3.05, 3.63) is 54.5 Å².